The average Bonchev–Trinajstić information content (AvgIpc) is 2.35. The van der Waals surface area contributed by atoms with Crippen LogP contribution in [0.5, 0.6) is 0 Å². The second-order valence-electron chi connectivity index (χ2n) is 4.46. The van der Waals surface area contributed by atoms with Crippen LogP contribution in [-0.2, 0) is 0 Å². The predicted molar refractivity (Wildman–Crippen MR) is 40.7 cm³/mol. The summed E-state index contributed by atoms with van der Waals surface area (Å²) in [6, 6.07) is 0. The van der Waals surface area contributed by atoms with Crippen LogP contribution < -0.4 is 0 Å². The minimum absolute atomic E-state index is 1.11. The van der Waals surface area contributed by atoms with Gasteiger partial charge < -0.3 is 4.90 Å². The Hall–Kier alpha value is -0.0400. The van der Waals surface area contributed by atoms with E-state index in [4.69, 9.17) is 0 Å². The maximum absolute atomic E-state index is 2.53. The third kappa shape index (κ3) is 0.531. The van der Waals surface area contributed by atoms with Gasteiger partial charge in [-0.2, -0.15) is 0 Å². The van der Waals surface area contributed by atoms with Crippen LogP contribution in [0.15, 0.2) is 0 Å². The van der Waals surface area contributed by atoms with Crippen molar-refractivity contribution in [1.82, 2.24) is 4.90 Å². The van der Waals surface area contributed by atoms with Gasteiger partial charge in [0.25, 0.3) is 0 Å². The van der Waals surface area contributed by atoms with E-state index < -0.39 is 0 Å². The van der Waals surface area contributed by atoms with Crippen molar-refractivity contribution in [2.24, 2.45) is 23.7 Å². The van der Waals surface area contributed by atoms with E-state index in [1.807, 2.05) is 0 Å². The molecule has 0 aromatic rings. The lowest BCUT2D eigenvalue weighted by molar-refractivity contribution is 0.190. The van der Waals surface area contributed by atoms with E-state index in [-0.39, 0.29) is 0 Å². The lowest BCUT2D eigenvalue weighted by atomic mass is 9.96. The van der Waals surface area contributed by atoms with Crippen LogP contribution in [0.2, 0.25) is 0 Å². The standard InChI is InChI=1S/C9H15N/c1-10-4-6-2-3-7-8(5-10)9(6)7/h6-9H,2-5H2,1H3. The van der Waals surface area contributed by atoms with Crippen LogP contribution in [-0.4, -0.2) is 25.0 Å². The van der Waals surface area contributed by atoms with E-state index in [1.54, 1.807) is 6.42 Å². The highest BCUT2D eigenvalue weighted by atomic mass is 15.1. The molecular weight excluding hydrogens is 122 g/mol. The Bertz CT molecular complexity index is 166. The Kier molecular flexibility index (Phi) is 0.883. The monoisotopic (exact) mass is 137 g/mol. The van der Waals surface area contributed by atoms with Gasteiger partial charge in [-0.15, -0.1) is 0 Å². The van der Waals surface area contributed by atoms with Crippen LogP contribution in [0, 0.1) is 23.7 Å². The average molecular weight is 137 g/mol. The number of fused-ring (bicyclic) bond motifs is 1. The van der Waals surface area contributed by atoms with Gasteiger partial charge in [0, 0.05) is 13.1 Å². The third-order valence-electron chi connectivity index (χ3n) is 3.88. The molecular formula is C9H15N. The molecule has 1 nitrogen and oxygen atoms in total. The van der Waals surface area contributed by atoms with E-state index in [0.717, 1.165) is 11.8 Å². The molecule has 2 saturated carbocycles. The van der Waals surface area contributed by atoms with Crippen molar-refractivity contribution in [2.75, 3.05) is 20.1 Å². The summed E-state index contributed by atoms with van der Waals surface area (Å²) in [4.78, 5) is 2.53. The first-order chi connectivity index (χ1) is 4.86. The summed E-state index contributed by atoms with van der Waals surface area (Å²) in [7, 11) is 2.28. The van der Waals surface area contributed by atoms with Gasteiger partial charge in [0.05, 0.1) is 0 Å². The fourth-order valence-corrected chi connectivity index (χ4v) is 3.48. The zero-order valence-electron chi connectivity index (χ0n) is 6.59. The summed E-state index contributed by atoms with van der Waals surface area (Å²) >= 11 is 0. The Morgan fingerprint density at radius 1 is 1.10 bits per heavy atom. The Morgan fingerprint density at radius 2 is 2.00 bits per heavy atom. The number of hydrogen-bond acceptors (Lipinski definition) is 1. The summed E-state index contributed by atoms with van der Waals surface area (Å²) in [5.41, 5.74) is 0. The van der Waals surface area contributed by atoms with Crippen LogP contribution in [0.25, 0.3) is 0 Å². The first-order valence-corrected chi connectivity index (χ1v) is 4.55. The lowest BCUT2D eigenvalue weighted by Crippen LogP contribution is -2.34. The summed E-state index contributed by atoms with van der Waals surface area (Å²) in [6.07, 6.45) is 3.10. The fraction of sp³-hybridized carbons (Fsp3) is 1.00. The van der Waals surface area contributed by atoms with E-state index in [1.165, 1.54) is 31.3 Å². The summed E-state index contributed by atoms with van der Waals surface area (Å²) < 4.78 is 0. The maximum atomic E-state index is 2.53. The molecule has 2 aliphatic carbocycles. The molecule has 0 N–H and O–H groups in total. The van der Waals surface area contributed by atoms with Crippen LogP contribution in [0.4, 0.5) is 0 Å². The highest BCUT2D eigenvalue weighted by molar-refractivity contribution is 5.09. The molecule has 10 heavy (non-hydrogen) atoms. The van der Waals surface area contributed by atoms with Gasteiger partial charge in [0.1, 0.15) is 0 Å². The summed E-state index contributed by atoms with van der Waals surface area (Å²) in [5.74, 6) is 4.61. The molecule has 3 aliphatic rings. The second kappa shape index (κ2) is 1.58. The number of likely N-dealkylation sites (tertiary alicyclic amines) is 1. The van der Waals surface area contributed by atoms with Gasteiger partial charge in [-0.1, -0.05) is 0 Å². The molecule has 4 atom stereocenters. The van der Waals surface area contributed by atoms with Crippen molar-refractivity contribution in [3.63, 3.8) is 0 Å². The topological polar surface area (TPSA) is 3.24 Å². The SMILES string of the molecule is CN1CC2CCC3C(C1)C23. The minimum atomic E-state index is 1.11. The van der Waals surface area contributed by atoms with Gasteiger partial charge in [0.15, 0.2) is 0 Å². The molecule has 3 rings (SSSR count). The molecule has 1 heteroatoms. The largest absolute Gasteiger partial charge is 0.306 e. The highest BCUT2D eigenvalue weighted by Gasteiger charge is 2.59. The first-order valence-electron chi connectivity index (χ1n) is 4.55. The molecule has 4 unspecified atom stereocenters. The molecule has 0 spiro atoms. The van der Waals surface area contributed by atoms with Crippen molar-refractivity contribution >= 4 is 0 Å². The van der Waals surface area contributed by atoms with Gasteiger partial charge >= 0.3 is 0 Å². The summed E-state index contributed by atoms with van der Waals surface area (Å²) in [6.45, 7) is 2.81. The maximum Gasteiger partial charge on any atom is 0.00123 e. The highest BCUT2D eigenvalue weighted by Crippen LogP contribution is 2.62. The van der Waals surface area contributed by atoms with Gasteiger partial charge in [0.2, 0.25) is 0 Å². The van der Waals surface area contributed by atoms with Crippen molar-refractivity contribution < 1.29 is 0 Å². The third-order valence-corrected chi connectivity index (χ3v) is 3.88. The molecule has 1 saturated heterocycles. The second-order valence-corrected chi connectivity index (χ2v) is 4.46. The molecule has 0 amide bonds. The first kappa shape index (κ1) is 5.59. The van der Waals surface area contributed by atoms with Crippen molar-refractivity contribution in [3.05, 3.63) is 0 Å². The molecule has 1 aliphatic heterocycles. The van der Waals surface area contributed by atoms with Gasteiger partial charge in [-0.3, -0.25) is 0 Å². The zero-order valence-corrected chi connectivity index (χ0v) is 6.59. The van der Waals surface area contributed by atoms with E-state index in [2.05, 4.69) is 11.9 Å². The van der Waals surface area contributed by atoms with E-state index in [0.29, 0.717) is 0 Å². The molecule has 0 radical (unpaired) electrons. The smallest absolute Gasteiger partial charge is 0.00123 e. The Labute approximate surface area is 62.4 Å². The van der Waals surface area contributed by atoms with E-state index in [9.17, 15) is 0 Å². The van der Waals surface area contributed by atoms with Gasteiger partial charge in [-0.25, -0.2) is 0 Å². The Morgan fingerprint density at radius 3 is 2.80 bits per heavy atom. The zero-order chi connectivity index (χ0) is 6.72. The lowest BCUT2D eigenvalue weighted by Gasteiger charge is -2.28. The number of piperidine rings is 1. The van der Waals surface area contributed by atoms with Crippen LogP contribution >= 0.6 is 0 Å². The minimum Gasteiger partial charge on any atom is -0.306 e. The molecule has 1 heterocycles. The molecule has 0 aromatic heterocycles. The number of rotatable bonds is 0. The number of hydrogen-bond donors (Lipinski definition) is 0. The van der Waals surface area contributed by atoms with Crippen LogP contribution in [0.3, 0.4) is 0 Å². The Balaban J connectivity index is 1.85. The summed E-state index contributed by atoms with van der Waals surface area (Å²) in [5, 5.41) is 0. The van der Waals surface area contributed by atoms with E-state index >= 15 is 0 Å². The fourth-order valence-electron chi connectivity index (χ4n) is 3.48. The molecule has 0 aromatic carbocycles. The normalized spacial score (nSPS) is 58.5. The predicted octanol–water partition coefficient (Wildman–Crippen LogP) is 1.20. The quantitative estimate of drug-likeness (QED) is 0.485. The molecule has 56 valence electrons. The van der Waals surface area contributed by atoms with Crippen LogP contribution in [0.1, 0.15) is 12.8 Å². The molecule has 0 bridgehead atoms. The van der Waals surface area contributed by atoms with Crippen molar-refractivity contribution in [2.45, 2.75) is 12.8 Å². The van der Waals surface area contributed by atoms with Gasteiger partial charge in [-0.05, 0) is 43.6 Å². The molecule has 3 fully saturated rings. The van der Waals surface area contributed by atoms with Crippen molar-refractivity contribution in [3.8, 4) is 0 Å². The van der Waals surface area contributed by atoms with Crippen molar-refractivity contribution in [1.29, 1.82) is 0 Å². The number of nitrogens with zero attached hydrogens (tertiary/aromatic N) is 1.